The second-order valence-electron chi connectivity index (χ2n) is 4.11. The SMILES string of the molecule is Cc1cccc(Cc2noc(COCCN)n2)c1. The van der Waals surface area contributed by atoms with Crippen molar-refractivity contribution < 1.29 is 9.26 Å². The Hall–Kier alpha value is -1.72. The van der Waals surface area contributed by atoms with Gasteiger partial charge in [0.05, 0.1) is 6.61 Å². The van der Waals surface area contributed by atoms with Crippen molar-refractivity contribution in [3.63, 3.8) is 0 Å². The van der Waals surface area contributed by atoms with E-state index in [0.29, 0.717) is 37.9 Å². The van der Waals surface area contributed by atoms with E-state index in [0.717, 1.165) is 0 Å². The smallest absolute Gasteiger partial charge is 0.252 e. The van der Waals surface area contributed by atoms with Gasteiger partial charge in [-0.1, -0.05) is 35.0 Å². The van der Waals surface area contributed by atoms with Gasteiger partial charge in [-0.25, -0.2) is 0 Å². The lowest BCUT2D eigenvalue weighted by molar-refractivity contribution is 0.104. The van der Waals surface area contributed by atoms with E-state index in [1.54, 1.807) is 0 Å². The Kier molecular flexibility index (Phi) is 4.44. The average molecular weight is 247 g/mol. The van der Waals surface area contributed by atoms with Crippen molar-refractivity contribution in [3.05, 3.63) is 47.1 Å². The number of rotatable bonds is 6. The zero-order valence-corrected chi connectivity index (χ0v) is 10.4. The molecule has 0 fully saturated rings. The van der Waals surface area contributed by atoms with Gasteiger partial charge in [0.1, 0.15) is 6.61 Å². The first-order valence-corrected chi connectivity index (χ1v) is 5.93. The van der Waals surface area contributed by atoms with Gasteiger partial charge in [-0.2, -0.15) is 4.98 Å². The molecule has 1 heterocycles. The maximum Gasteiger partial charge on any atom is 0.252 e. The third kappa shape index (κ3) is 3.65. The summed E-state index contributed by atoms with van der Waals surface area (Å²) in [6.07, 6.45) is 0.669. The summed E-state index contributed by atoms with van der Waals surface area (Å²) in [6, 6.07) is 8.25. The number of nitrogens with two attached hydrogens (primary N) is 1. The Bertz CT molecular complexity index is 496. The van der Waals surface area contributed by atoms with Crippen molar-refractivity contribution in [2.45, 2.75) is 20.0 Å². The van der Waals surface area contributed by atoms with Crippen LogP contribution in [-0.4, -0.2) is 23.3 Å². The van der Waals surface area contributed by atoms with Crippen molar-refractivity contribution >= 4 is 0 Å². The van der Waals surface area contributed by atoms with Crippen LogP contribution in [0.2, 0.25) is 0 Å². The zero-order chi connectivity index (χ0) is 12.8. The number of aromatic nitrogens is 2. The summed E-state index contributed by atoms with van der Waals surface area (Å²) in [7, 11) is 0. The standard InChI is InChI=1S/C13H17N3O2/c1-10-3-2-4-11(7-10)8-12-15-13(18-16-12)9-17-6-5-14/h2-4,7H,5-6,8-9,14H2,1H3. The molecule has 1 aromatic carbocycles. The molecule has 0 saturated heterocycles. The highest BCUT2D eigenvalue weighted by molar-refractivity contribution is 5.24. The first-order valence-electron chi connectivity index (χ1n) is 5.93. The number of hydrogen-bond acceptors (Lipinski definition) is 5. The zero-order valence-electron chi connectivity index (χ0n) is 10.4. The van der Waals surface area contributed by atoms with Gasteiger partial charge in [0.2, 0.25) is 0 Å². The number of ether oxygens (including phenoxy) is 1. The molecule has 0 unspecified atom stereocenters. The van der Waals surface area contributed by atoms with Gasteiger partial charge in [-0.15, -0.1) is 0 Å². The van der Waals surface area contributed by atoms with E-state index in [1.807, 2.05) is 12.1 Å². The van der Waals surface area contributed by atoms with Gasteiger partial charge in [0, 0.05) is 13.0 Å². The highest BCUT2D eigenvalue weighted by atomic mass is 16.5. The lowest BCUT2D eigenvalue weighted by Crippen LogP contribution is -2.08. The van der Waals surface area contributed by atoms with E-state index in [-0.39, 0.29) is 0 Å². The van der Waals surface area contributed by atoms with Crippen LogP contribution < -0.4 is 5.73 Å². The molecule has 0 radical (unpaired) electrons. The van der Waals surface area contributed by atoms with Gasteiger partial charge >= 0.3 is 0 Å². The van der Waals surface area contributed by atoms with Crippen LogP contribution in [0.4, 0.5) is 0 Å². The summed E-state index contributed by atoms with van der Waals surface area (Å²) < 4.78 is 10.3. The largest absolute Gasteiger partial charge is 0.370 e. The minimum atomic E-state index is 0.317. The van der Waals surface area contributed by atoms with E-state index in [9.17, 15) is 0 Å². The van der Waals surface area contributed by atoms with Crippen LogP contribution >= 0.6 is 0 Å². The average Bonchev–Trinajstić information content (AvgIpc) is 2.77. The Morgan fingerprint density at radius 3 is 3.06 bits per heavy atom. The minimum Gasteiger partial charge on any atom is -0.370 e. The first kappa shape index (κ1) is 12.7. The molecule has 0 spiro atoms. The molecule has 2 N–H and O–H groups in total. The Morgan fingerprint density at radius 1 is 1.39 bits per heavy atom. The van der Waals surface area contributed by atoms with Crippen LogP contribution in [-0.2, 0) is 17.8 Å². The van der Waals surface area contributed by atoms with Crippen LogP contribution in [0.5, 0.6) is 0 Å². The first-order chi connectivity index (χ1) is 8.78. The second-order valence-corrected chi connectivity index (χ2v) is 4.11. The molecule has 0 bridgehead atoms. The Labute approximate surface area is 106 Å². The maximum atomic E-state index is 5.32. The molecule has 0 amide bonds. The molecule has 0 saturated carbocycles. The van der Waals surface area contributed by atoms with E-state index < -0.39 is 0 Å². The predicted octanol–water partition coefficient (Wildman–Crippen LogP) is 1.44. The van der Waals surface area contributed by atoms with E-state index >= 15 is 0 Å². The molecule has 96 valence electrons. The maximum absolute atomic E-state index is 5.32. The van der Waals surface area contributed by atoms with Crippen LogP contribution in [0.15, 0.2) is 28.8 Å². The lowest BCUT2D eigenvalue weighted by Gasteiger charge is -1.98. The summed E-state index contributed by atoms with van der Waals surface area (Å²) in [5.41, 5.74) is 7.72. The summed E-state index contributed by atoms with van der Waals surface area (Å²) in [4.78, 5) is 4.26. The summed E-state index contributed by atoms with van der Waals surface area (Å²) >= 11 is 0. The van der Waals surface area contributed by atoms with Gasteiger partial charge in [-0.3, -0.25) is 0 Å². The molecule has 0 aliphatic heterocycles. The molecule has 0 aliphatic carbocycles. The number of nitrogens with zero attached hydrogens (tertiary/aromatic N) is 2. The number of hydrogen-bond donors (Lipinski definition) is 1. The van der Waals surface area contributed by atoms with Crippen LogP contribution in [0, 0.1) is 6.92 Å². The van der Waals surface area contributed by atoms with Crippen molar-refractivity contribution in [1.29, 1.82) is 0 Å². The summed E-state index contributed by atoms with van der Waals surface area (Å²) in [5, 5.41) is 3.92. The van der Waals surface area contributed by atoms with Crippen molar-refractivity contribution in [1.82, 2.24) is 10.1 Å². The molecule has 0 atom stereocenters. The molecule has 18 heavy (non-hydrogen) atoms. The fourth-order valence-electron chi connectivity index (χ4n) is 1.67. The molecule has 2 rings (SSSR count). The molecule has 1 aromatic heterocycles. The van der Waals surface area contributed by atoms with Gasteiger partial charge < -0.3 is 15.0 Å². The third-order valence-electron chi connectivity index (χ3n) is 2.44. The fraction of sp³-hybridized carbons (Fsp3) is 0.385. The highest BCUT2D eigenvalue weighted by Gasteiger charge is 2.07. The Balaban J connectivity index is 1.94. The van der Waals surface area contributed by atoms with Crippen molar-refractivity contribution in [3.8, 4) is 0 Å². The number of benzene rings is 1. The third-order valence-corrected chi connectivity index (χ3v) is 2.44. The predicted molar refractivity (Wildman–Crippen MR) is 67.0 cm³/mol. The summed E-state index contributed by atoms with van der Waals surface area (Å²) in [6.45, 7) is 3.36. The molecular weight excluding hydrogens is 230 g/mol. The lowest BCUT2D eigenvalue weighted by atomic mass is 10.1. The quantitative estimate of drug-likeness (QED) is 0.782. The second kappa shape index (κ2) is 6.28. The van der Waals surface area contributed by atoms with E-state index in [2.05, 4.69) is 29.2 Å². The molecule has 5 nitrogen and oxygen atoms in total. The van der Waals surface area contributed by atoms with Crippen molar-refractivity contribution in [2.75, 3.05) is 13.2 Å². The highest BCUT2D eigenvalue weighted by Crippen LogP contribution is 2.09. The normalized spacial score (nSPS) is 10.8. The van der Waals surface area contributed by atoms with Crippen LogP contribution in [0.1, 0.15) is 22.8 Å². The molecule has 0 aliphatic rings. The van der Waals surface area contributed by atoms with Gasteiger partial charge in [0.15, 0.2) is 5.82 Å². The minimum absolute atomic E-state index is 0.317. The monoisotopic (exact) mass is 247 g/mol. The molecular formula is C13H17N3O2. The fourth-order valence-corrected chi connectivity index (χ4v) is 1.67. The van der Waals surface area contributed by atoms with Crippen LogP contribution in [0.3, 0.4) is 0 Å². The van der Waals surface area contributed by atoms with Gasteiger partial charge in [-0.05, 0) is 12.5 Å². The van der Waals surface area contributed by atoms with Crippen molar-refractivity contribution in [2.24, 2.45) is 5.73 Å². The molecule has 5 heteroatoms. The Morgan fingerprint density at radius 2 is 2.28 bits per heavy atom. The van der Waals surface area contributed by atoms with E-state index in [1.165, 1.54) is 11.1 Å². The number of aryl methyl sites for hydroxylation is 1. The van der Waals surface area contributed by atoms with Crippen LogP contribution in [0.25, 0.3) is 0 Å². The topological polar surface area (TPSA) is 74.2 Å². The van der Waals surface area contributed by atoms with E-state index in [4.69, 9.17) is 15.0 Å². The molecule has 2 aromatic rings. The van der Waals surface area contributed by atoms with Gasteiger partial charge in [0.25, 0.3) is 5.89 Å². The summed E-state index contributed by atoms with van der Waals surface area (Å²) in [5.74, 6) is 1.16.